The van der Waals surface area contributed by atoms with E-state index in [0.29, 0.717) is 5.56 Å². The van der Waals surface area contributed by atoms with Gasteiger partial charge in [-0.1, -0.05) is 12.1 Å². The second kappa shape index (κ2) is 5.67. The Hall–Kier alpha value is -1.56. The Morgan fingerprint density at radius 1 is 1.24 bits per heavy atom. The van der Waals surface area contributed by atoms with Crippen LogP contribution in [-0.4, -0.2) is 19.7 Å². The standard InChI is InChI=1S/C11H11F3O3/c1-16-7-10(15)17-6-8-2-4-9(5-3-8)11(12,13)14/h2-5H,6-7H2,1H3. The molecule has 3 nitrogen and oxygen atoms in total. The van der Waals surface area contributed by atoms with Crippen LogP contribution in [0.5, 0.6) is 0 Å². The molecule has 1 aromatic carbocycles. The quantitative estimate of drug-likeness (QED) is 0.767. The summed E-state index contributed by atoms with van der Waals surface area (Å²) in [6, 6.07) is 4.42. The fourth-order valence-electron chi connectivity index (χ4n) is 1.11. The molecule has 1 aromatic rings. The van der Waals surface area contributed by atoms with Gasteiger partial charge >= 0.3 is 12.1 Å². The Labute approximate surface area is 96.1 Å². The summed E-state index contributed by atoms with van der Waals surface area (Å²) in [7, 11) is 1.35. The van der Waals surface area contributed by atoms with Crippen molar-refractivity contribution in [2.45, 2.75) is 12.8 Å². The summed E-state index contributed by atoms with van der Waals surface area (Å²) in [6.45, 7) is -0.249. The number of hydrogen-bond acceptors (Lipinski definition) is 3. The van der Waals surface area contributed by atoms with Crippen molar-refractivity contribution in [3.05, 3.63) is 35.4 Å². The smallest absolute Gasteiger partial charge is 0.416 e. The molecule has 0 aliphatic carbocycles. The highest BCUT2D eigenvalue weighted by atomic mass is 19.4. The molecule has 0 saturated heterocycles. The van der Waals surface area contributed by atoms with Gasteiger partial charge in [0, 0.05) is 7.11 Å². The van der Waals surface area contributed by atoms with Crippen molar-refractivity contribution < 1.29 is 27.4 Å². The van der Waals surface area contributed by atoms with E-state index in [0.717, 1.165) is 12.1 Å². The van der Waals surface area contributed by atoms with Gasteiger partial charge in [-0.05, 0) is 17.7 Å². The fraction of sp³-hybridized carbons (Fsp3) is 0.364. The molecule has 1 rings (SSSR count). The number of carbonyl (C=O) groups is 1. The van der Waals surface area contributed by atoms with Crippen LogP contribution < -0.4 is 0 Å². The van der Waals surface area contributed by atoms with Crippen LogP contribution in [0.15, 0.2) is 24.3 Å². The largest absolute Gasteiger partial charge is 0.459 e. The van der Waals surface area contributed by atoms with E-state index >= 15 is 0 Å². The third-order valence-electron chi connectivity index (χ3n) is 1.94. The monoisotopic (exact) mass is 248 g/mol. The lowest BCUT2D eigenvalue weighted by atomic mass is 10.1. The summed E-state index contributed by atoms with van der Waals surface area (Å²) in [6.07, 6.45) is -4.36. The number of methoxy groups -OCH3 is 1. The first-order chi connectivity index (χ1) is 7.93. The molecule has 0 aliphatic heterocycles. The third-order valence-corrected chi connectivity index (χ3v) is 1.94. The highest BCUT2D eigenvalue weighted by Crippen LogP contribution is 2.29. The predicted octanol–water partition coefficient (Wildman–Crippen LogP) is 2.40. The Bertz CT molecular complexity index is 371. The number of rotatable bonds is 4. The van der Waals surface area contributed by atoms with Gasteiger partial charge in [-0.2, -0.15) is 13.2 Å². The first-order valence-electron chi connectivity index (χ1n) is 4.74. The normalized spacial score (nSPS) is 11.3. The molecular weight excluding hydrogens is 237 g/mol. The molecule has 0 aromatic heterocycles. The Balaban J connectivity index is 2.54. The number of alkyl halides is 3. The van der Waals surface area contributed by atoms with Gasteiger partial charge in [0.2, 0.25) is 0 Å². The number of esters is 1. The van der Waals surface area contributed by atoms with E-state index in [4.69, 9.17) is 4.74 Å². The molecule has 0 atom stereocenters. The number of benzene rings is 1. The molecule has 0 bridgehead atoms. The van der Waals surface area contributed by atoms with Gasteiger partial charge in [0.25, 0.3) is 0 Å². The van der Waals surface area contributed by atoms with Crippen LogP contribution >= 0.6 is 0 Å². The molecule has 17 heavy (non-hydrogen) atoms. The molecule has 0 saturated carbocycles. The maximum atomic E-state index is 12.2. The molecule has 0 aliphatic rings. The summed E-state index contributed by atoms with van der Waals surface area (Å²) in [4.78, 5) is 10.9. The predicted molar refractivity (Wildman–Crippen MR) is 53.1 cm³/mol. The average Bonchev–Trinajstić information content (AvgIpc) is 2.26. The zero-order valence-corrected chi connectivity index (χ0v) is 9.08. The fourth-order valence-corrected chi connectivity index (χ4v) is 1.11. The average molecular weight is 248 g/mol. The summed E-state index contributed by atoms with van der Waals surface area (Å²) >= 11 is 0. The zero-order valence-electron chi connectivity index (χ0n) is 9.08. The lowest BCUT2D eigenvalue weighted by Gasteiger charge is -2.08. The zero-order chi connectivity index (χ0) is 12.9. The van der Waals surface area contributed by atoms with Crippen molar-refractivity contribution >= 4 is 5.97 Å². The van der Waals surface area contributed by atoms with Gasteiger partial charge in [-0.3, -0.25) is 0 Å². The highest BCUT2D eigenvalue weighted by molar-refractivity contribution is 5.70. The van der Waals surface area contributed by atoms with E-state index in [1.165, 1.54) is 19.2 Å². The first kappa shape index (κ1) is 13.5. The van der Waals surface area contributed by atoms with Gasteiger partial charge in [-0.15, -0.1) is 0 Å². The van der Waals surface area contributed by atoms with E-state index in [2.05, 4.69) is 4.74 Å². The second-order valence-corrected chi connectivity index (χ2v) is 3.29. The minimum absolute atomic E-state index is 0.0691. The molecule has 0 spiro atoms. The van der Waals surface area contributed by atoms with E-state index in [1.807, 2.05) is 0 Å². The number of carbonyl (C=O) groups excluding carboxylic acids is 1. The third kappa shape index (κ3) is 4.44. The van der Waals surface area contributed by atoms with Crippen molar-refractivity contribution in [2.75, 3.05) is 13.7 Å². The van der Waals surface area contributed by atoms with Crippen molar-refractivity contribution in [2.24, 2.45) is 0 Å². The van der Waals surface area contributed by atoms with Crippen LogP contribution in [0, 0.1) is 0 Å². The molecule has 0 amide bonds. The van der Waals surface area contributed by atoms with Crippen molar-refractivity contribution in [3.63, 3.8) is 0 Å². The van der Waals surface area contributed by atoms with Gasteiger partial charge in [0.15, 0.2) is 0 Å². The molecule has 0 fully saturated rings. The lowest BCUT2D eigenvalue weighted by Crippen LogP contribution is -2.11. The molecule has 6 heteroatoms. The van der Waals surface area contributed by atoms with E-state index in [-0.39, 0.29) is 13.2 Å². The maximum Gasteiger partial charge on any atom is 0.416 e. The van der Waals surface area contributed by atoms with Gasteiger partial charge in [-0.25, -0.2) is 4.79 Å². The second-order valence-electron chi connectivity index (χ2n) is 3.29. The minimum Gasteiger partial charge on any atom is -0.459 e. The summed E-state index contributed by atoms with van der Waals surface area (Å²) in [5, 5.41) is 0. The Morgan fingerprint density at radius 3 is 2.29 bits per heavy atom. The van der Waals surface area contributed by atoms with Crippen LogP contribution in [0.2, 0.25) is 0 Å². The number of ether oxygens (including phenoxy) is 2. The van der Waals surface area contributed by atoms with Crippen LogP contribution in [0.25, 0.3) is 0 Å². The van der Waals surface area contributed by atoms with Crippen molar-refractivity contribution in [3.8, 4) is 0 Å². The molecule has 0 radical (unpaired) electrons. The Morgan fingerprint density at radius 2 is 1.82 bits per heavy atom. The van der Waals surface area contributed by atoms with Crippen LogP contribution in [0.1, 0.15) is 11.1 Å². The number of halogens is 3. The summed E-state index contributed by atoms with van der Waals surface area (Å²) < 4.78 is 46.0. The topological polar surface area (TPSA) is 35.5 Å². The first-order valence-corrected chi connectivity index (χ1v) is 4.74. The lowest BCUT2D eigenvalue weighted by molar-refractivity contribution is -0.149. The van der Waals surface area contributed by atoms with Crippen molar-refractivity contribution in [1.29, 1.82) is 0 Å². The Kier molecular flexibility index (Phi) is 4.51. The molecular formula is C11H11F3O3. The van der Waals surface area contributed by atoms with Gasteiger partial charge in [0.1, 0.15) is 13.2 Å². The highest BCUT2D eigenvalue weighted by Gasteiger charge is 2.29. The van der Waals surface area contributed by atoms with E-state index in [1.54, 1.807) is 0 Å². The molecule has 94 valence electrons. The number of hydrogen-bond donors (Lipinski definition) is 0. The van der Waals surface area contributed by atoms with Crippen molar-refractivity contribution in [1.82, 2.24) is 0 Å². The van der Waals surface area contributed by atoms with Crippen LogP contribution in [0.3, 0.4) is 0 Å². The SMILES string of the molecule is COCC(=O)OCc1ccc(C(F)(F)F)cc1. The van der Waals surface area contributed by atoms with Gasteiger partial charge in [0.05, 0.1) is 5.56 Å². The molecule has 0 heterocycles. The van der Waals surface area contributed by atoms with E-state index in [9.17, 15) is 18.0 Å². The molecule has 0 N–H and O–H groups in total. The maximum absolute atomic E-state index is 12.2. The summed E-state index contributed by atoms with van der Waals surface area (Å²) in [5.74, 6) is -0.563. The summed E-state index contributed by atoms with van der Waals surface area (Å²) in [5.41, 5.74) is -0.244. The van der Waals surface area contributed by atoms with E-state index < -0.39 is 17.7 Å². The van der Waals surface area contributed by atoms with Crippen LogP contribution in [-0.2, 0) is 27.1 Å². The minimum atomic E-state index is -4.36. The van der Waals surface area contributed by atoms with Gasteiger partial charge < -0.3 is 9.47 Å². The van der Waals surface area contributed by atoms with Crippen LogP contribution in [0.4, 0.5) is 13.2 Å². The molecule has 0 unspecified atom stereocenters.